The van der Waals surface area contributed by atoms with E-state index in [2.05, 4.69) is 10.2 Å². The van der Waals surface area contributed by atoms with Gasteiger partial charge in [-0.1, -0.05) is 30.0 Å². The van der Waals surface area contributed by atoms with Crippen molar-refractivity contribution < 1.29 is 9.15 Å². The highest BCUT2D eigenvalue weighted by molar-refractivity contribution is 7.99. The molecule has 0 radical (unpaired) electrons. The van der Waals surface area contributed by atoms with Crippen LogP contribution in [0, 0.1) is 6.92 Å². The van der Waals surface area contributed by atoms with Crippen molar-refractivity contribution in [3.8, 4) is 5.75 Å². The summed E-state index contributed by atoms with van der Waals surface area (Å²) in [5.41, 5.74) is 7.18. The van der Waals surface area contributed by atoms with E-state index in [4.69, 9.17) is 14.9 Å². The molecule has 0 fully saturated rings. The third kappa shape index (κ3) is 3.71. The number of para-hydroxylation sites is 1. The topological polar surface area (TPSA) is 74.2 Å². The van der Waals surface area contributed by atoms with Crippen molar-refractivity contribution in [3.05, 3.63) is 35.7 Å². The summed E-state index contributed by atoms with van der Waals surface area (Å²) >= 11 is 1.45. The third-order valence-corrected chi connectivity index (χ3v) is 3.45. The van der Waals surface area contributed by atoms with Gasteiger partial charge in [-0.25, -0.2) is 0 Å². The lowest BCUT2D eigenvalue weighted by molar-refractivity contribution is 0.335. The summed E-state index contributed by atoms with van der Waals surface area (Å²) in [5.74, 6) is 2.05. The smallest absolute Gasteiger partial charge is 0.276 e. The van der Waals surface area contributed by atoms with Crippen LogP contribution in [-0.2, 0) is 0 Å². The van der Waals surface area contributed by atoms with Crippen molar-refractivity contribution in [2.45, 2.75) is 25.1 Å². The largest absolute Gasteiger partial charge is 0.494 e. The molecule has 1 heterocycles. The maximum absolute atomic E-state index is 6.19. The van der Waals surface area contributed by atoms with Crippen LogP contribution in [0.3, 0.4) is 0 Å². The number of hydrogen-bond acceptors (Lipinski definition) is 6. The van der Waals surface area contributed by atoms with Crippen molar-refractivity contribution in [2.75, 3.05) is 12.4 Å². The van der Waals surface area contributed by atoms with Gasteiger partial charge in [0.05, 0.1) is 6.61 Å². The van der Waals surface area contributed by atoms with E-state index < -0.39 is 0 Å². The molecule has 102 valence electrons. The van der Waals surface area contributed by atoms with E-state index in [1.165, 1.54) is 11.8 Å². The molecule has 1 atom stereocenters. The first-order valence-electron chi connectivity index (χ1n) is 6.11. The van der Waals surface area contributed by atoms with Crippen LogP contribution in [0.2, 0.25) is 0 Å². The molecule has 0 bridgehead atoms. The van der Waals surface area contributed by atoms with Crippen LogP contribution in [0.25, 0.3) is 0 Å². The fourth-order valence-corrected chi connectivity index (χ4v) is 2.44. The zero-order chi connectivity index (χ0) is 13.7. The molecule has 2 rings (SSSR count). The summed E-state index contributed by atoms with van der Waals surface area (Å²) < 4.78 is 10.9. The van der Waals surface area contributed by atoms with Gasteiger partial charge in [0.1, 0.15) is 5.75 Å². The summed E-state index contributed by atoms with van der Waals surface area (Å²) in [5, 5.41) is 8.25. The zero-order valence-electron chi connectivity index (χ0n) is 11.0. The van der Waals surface area contributed by atoms with Gasteiger partial charge in [-0.3, -0.25) is 0 Å². The quantitative estimate of drug-likeness (QED) is 0.819. The minimum absolute atomic E-state index is 0.139. The van der Waals surface area contributed by atoms with Crippen molar-refractivity contribution in [2.24, 2.45) is 5.73 Å². The van der Waals surface area contributed by atoms with Crippen molar-refractivity contribution in [1.29, 1.82) is 0 Å². The standard InChI is InChI=1S/C13H17N3O2S/c1-3-17-12-7-5-4-6-10(12)11(14)8-19-13-16-15-9(2)18-13/h4-7,11H,3,8,14H2,1-2H3. The van der Waals surface area contributed by atoms with E-state index in [1.54, 1.807) is 6.92 Å². The summed E-state index contributed by atoms with van der Waals surface area (Å²) in [6.45, 7) is 4.35. The normalized spacial score (nSPS) is 12.4. The van der Waals surface area contributed by atoms with E-state index in [-0.39, 0.29) is 6.04 Å². The summed E-state index contributed by atoms with van der Waals surface area (Å²) in [7, 11) is 0. The fraction of sp³-hybridized carbons (Fsp3) is 0.385. The number of aryl methyl sites for hydroxylation is 1. The summed E-state index contributed by atoms with van der Waals surface area (Å²) in [4.78, 5) is 0. The van der Waals surface area contributed by atoms with E-state index >= 15 is 0 Å². The highest BCUT2D eigenvalue weighted by Crippen LogP contribution is 2.28. The lowest BCUT2D eigenvalue weighted by Crippen LogP contribution is -2.14. The number of benzene rings is 1. The van der Waals surface area contributed by atoms with Gasteiger partial charge in [0.15, 0.2) is 0 Å². The first kappa shape index (κ1) is 13.9. The molecule has 5 nitrogen and oxygen atoms in total. The Morgan fingerprint density at radius 1 is 1.37 bits per heavy atom. The molecule has 0 saturated heterocycles. The van der Waals surface area contributed by atoms with Crippen LogP contribution in [0.1, 0.15) is 24.4 Å². The average molecular weight is 279 g/mol. The van der Waals surface area contributed by atoms with Crippen LogP contribution in [-0.4, -0.2) is 22.6 Å². The van der Waals surface area contributed by atoms with Gasteiger partial charge < -0.3 is 14.9 Å². The number of aromatic nitrogens is 2. The highest BCUT2D eigenvalue weighted by Gasteiger charge is 2.13. The minimum atomic E-state index is -0.139. The molecule has 0 amide bonds. The second-order valence-corrected chi connectivity index (χ2v) is 4.95. The summed E-state index contributed by atoms with van der Waals surface area (Å²) in [6, 6.07) is 7.67. The molecule has 0 saturated carbocycles. The molecule has 1 aromatic heterocycles. The molecule has 1 unspecified atom stereocenters. The van der Waals surface area contributed by atoms with Gasteiger partial charge in [0.25, 0.3) is 5.22 Å². The van der Waals surface area contributed by atoms with Crippen molar-refractivity contribution in [1.82, 2.24) is 10.2 Å². The van der Waals surface area contributed by atoms with Crippen molar-refractivity contribution >= 4 is 11.8 Å². The number of thioether (sulfide) groups is 1. The number of nitrogens with zero attached hydrogens (tertiary/aromatic N) is 2. The molecule has 19 heavy (non-hydrogen) atoms. The van der Waals surface area contributed by atoms with Gasteiger partial charge in [-0.15, -0.1) is 10.2 Å². The predicted molar refractivity (Wildman–Crippen MR) is 74.3 cm³/mol. The number of nitrogens with two attached hydrogens (primary N) is 1. The Morgan fingerprint density at radius 2 is 2.16 bits per heavy atom. The van der Waals surface area contributed by atoms with Crippen molar-refractivity contribution in [3.63, 3.8) is 0 Å². The van der Waals surface area contributed by atoms with E-state index in [0.29, 0.717) is 23.5 Å². The zero-order valence-corrected chi connectivity index (χ0v) is 11.8. The van der Waals surface area contributed by atoms with Gasteiger partial charge in [0, 0.05) is 24.3 Å². The van der Waals surface area contributed by atoms with E-state index in [9.17, 15) is 0 Å². The number of hydrogen-bond donors (Lipinski definition) is 1. The molecule has 6 heteroatoms. The Labute approximate surface area is 116 Å². The molecule has 0 aliphatic carbocycles. The Balaban J connectivity index is 2.01. The van der Waals surface area contributed by atoms with Crippen LogP contribution in [0.15, 0.2) is 33.9 Å². The molecule has 2 aromatic rings. The van der Waals surface area contributed by atoms with Gasteiger partial charge in [-0.05, 0) is 13.0 Å². The van der Waals surface area contributed by atoms with Gasteiger partial charge in [0.2, 0.25) is 5.89 Å². The van der Waals surface area contributed by atoms with Crippen LogP contribution in [0.5, 0.6) is 5.75 Å². The fourth-order valence-electron chi connectivity index (χ4n) is 1.66. The maximum atomic E-state index is 6.19. The predicted octanol–water partition coefficient (Wildman–Crippen LogP) is 2.57. The molecule has 2 N–H and O–H groups in total. The first-order valence-corrected chi connectivity index (χ1v) is 7.09. The molecular weight excluding hydrogens is 262 g/mol. The van der Waals surface area contributed by atoms with Crippen LogP contribution >= 0.6 is 11.8 Å². The molecule has 0 aliphatic rings. The molecule has 1 aromatic carbocycles. The van der Waals surface area contributed by atoms with Gasteiger partial charge in [-0.2, -0.15) is 0 Å². The van der Waals surface area contributed by atoms with Crippen LogP contribution in [0.4, 0.5) is 0 Å². The Hall–Kier alpha value is -1.53. The second kappa shape index (κ2) is 6.58. The van der Waals surface area contributed by atoms with Crippen LogP contribution < -0.4 is 10.5 Å². The third-order valence-electron chi connectivity index (χ3n) is 2.51. The molecule has 0 spiro atoms. The number of rotatable bonds is 6. The molecule has 0 aliphatic heterocycles. The average Bonchev–Trinajstić information content (AvgIpc) is 2.83. The molecular formula is C13H17N3O2S. The minimum Gasteiger partial charge on any atom is -0.494 e. The Bertz CT molecular complexity index is 530. The summed E-state index contributed by atoms with van der Waals surface area (Å²) in [6.07, 6.45) is 0. The SMILES string of the molecule is CCOc1ccccc1C(N)CSc1nnc(C)o1. The van der Waals surface area contributed by atoms with E-state index in [0.717, 1.165) is 11.3 Å². The first-order chi connectivity index (χ1) is 9.20. The second-order valence-electron chi connectivity index (χ2n) is 3.98. The van der Waals surface area contributed by atoms with Gasteiger partial charge >= 0.3 is 0 Å². The Morgan fingerprint density at radius 3 is 2.84 bits per heavy atom. The lowest BCUT2D eigenvalue weighted by atomic mass is 10.1. The lowest BCUT2D eigenvalue weighted by Gasteiger charge is -2.15. The maximum Gasteiger partial charge on any atom is 0.276 e. The monoisotopic (exact) mass is 279 g/mol. The highest BCUT2D eigenvalue weighted by atomic mass is 32.2. The Kier molecular flexibility index (Phi) is 4.81. The number of ether oxygens (including phenoxy) is 1. The van der Waals surface area contributed by atoms with E-state index in [1.807, 2.05) is 31.2 Å².